The van der Waals surface area contributed by atoms with Crippen molar-refractivity contribution in [3.05, 3.63) is 83.4 Å². The number of nitrogens with zero attached hydrogens (tertiary/aromatic N) is 1. The van der Waals surface area contributed by atoms with Crippen LogP contribution in [0.1, 0.15) is 67.4 Å². The molecule has 1 amide bonds. The van der Waals surface area contributed by atoms with Gasteiger partial charge in [-0.05, 0) is 84.1 Å². The summed E-state index contributed by atoms with van der Waals surface area (Å²) in [6.45, 7) is 8.62. The SMILES string of the molecule is CC[C@@H](C)c1ccc2oc(-c3cccc(NC(=S)NC(=O)c4ccc(C(C)C)cc4)c3)nc2c1. The number of thiocarbonyl (C=S) groups is 1. The van der Waals surface area contributed by atoms with Crippen LogP contribution < -0.4 is 10.6 Å². The van der Waals surface area contributed by atoms with Crippen molar-refractivity contribution in [2.24, 2.45) is 0 Å². The van der Waals surface area contributed by atoms with Crippen LogP contribution >= 0.6 is 12.2 Å². The van der Waals surface area contributed by atoms with E-state index in [4.69, 9.17) is 21.6 Å². The number of oxazole rings is 1. The van der Waals surface area contributed by atoms with Crippen molar-refractivity contribution >= 4 is 40.0 Å². The van der Waals surface area contributed by atoms with E-state index >= 15 is 0 Å². The molecule has 2 N–H and O–H groups in total. The number of hydrogen-bond acceptors (Lipinski definition) is 4. The molecule has 0 radical (unpaired) electrons. The first-order valence-corrected chi connectivity index (χ1v) is 12.0. The average Bonchev–Trinajstić information content (AvgIpc) is 3.27. The number of nitrogens with one attached hydrogen (secondary N) is 2. The molecule has 0 unspecified atom stereocenters. The lowest BCUT2D eigenvalue weighted by molar-refractivity contribution is 0.0977. The Hall–Kier alpha value is -3.51. The van der Waals surface area contributed by atoms with Gasteiger partial charge in [0.2, 0.25) is 5.89 Å². The van der Waals surface area contributed by atoms with Gasteiger partial charge in [0.1, 0.15) is 5.52 Å². The summed E-state index contributed by atoms with van der Waals surface area (Å²) in [5.74, 6) is 1.18. The van der Waals surface area contributed by atoms with Gasteiger partial charge in [-0.1, -0.05) is 52.0 Å². The van der Waals surface area contributed by atoms with Crippen LogP contribution in [0.15, 0.2) is 71.1 Å². The number of anilines is 1. The second-order valence-electron chi connectivity index (χ2n) is 8.82. The van der Waals surface area contributed by atoms with E-state index in [1.54, 1.807) is 0 Å². The third kappa shape index (κ3) is 5.34. The van der Waals surface area contributed by atoms with Gasteiger partial charge in [0.25, 0.3) is 5.91 Å². The van der Waals surface area contributed by atoms with E-state index in [0.29, 0.717) is 23.3 Å². The Morgan fingerprint density at radius 2 is 1.74 bits per heavy atom. The summed E-state index contributed by atoms with van der Waals surface area (Å²) in [4.78, 5) is 17.2. The van der Waals surface area contributed by atoms with Crippen molar-refractivity contribution in [2.75, 3.05) is 5.32 Å². The minimum absolute atomic E-state index is 0.228. The smallest absolute Gasteiger partial charge is 0.257 e. The fraction of sp³-hybridized carbons (Fsp3) is 0.250. The second-order valence-corrected chi connectivity index (χ2v) is 9.23. The summed E-state index contributed by atoms with van der Waals surface area (Å²) in [5, 5.41) is 6.04. The monoisotopic (exact) mass is 471 g/mol. The molecule has 0 saturated heterocycles. The maximum Gasteiger partial charge on any atom is 0.257 e. The number of amides is 1. The molecule has 4 rings (SSSR count). The Morgan fingerprint density at radius 3 is 2.44 bits per heavy atom. The van der Waals surface area contributed by atoms with Gasteiger partial charge in [0.15, 0.2) is 10.7 Å². The van der Waals surface area contributed by atoms with Gasteiger partial charge in [-0.25, -0.2) is 4.98 Å². The van der Waals surface area contributed by atoms with Crippen molar-refractivity contribution in [3.8, 4) is 11.5 Å². The molecule has 0 spiro atoms. The van der Waals surface area contributed by atoms with E-state index in [2.05, 4.69) is 50.5 Å². The third-order valence-corrected chi connectivity index (χ3v) is 6.23. The van der Waals surface area contributed by atoms with E-state index in [-0.39, 0.29) is 11.0 Å². The second kappa shape index (κ2) is 10.2. The van der Waals surface area contributed by atoms with E-state index in [9.17, 15) is 4.79 Å². The van der Waals surface area contributed by atoms with Crippen LogP contribution in [0.3, 0.4) is 0 Å². The topological polar surface area (TPSA) is 67.2 Å². The van der Waals surface area contributed by atoms with Gasteiger partial charge < -0.3 is 9.73 Å². The highest BCUT2D eigenvalue weighted by Crippen LogP contribution is 2.29. The molecule has 0 aliphatic heterocycles. The highest BCUT2D eigenvalue weighted by atomic mass is 32.1. The molecule has 174 valence electrons. The van der Waals surface area contributed by atoms with Crippen LogP contribution in [0.5, 0.6) is 0 Å². The molecule has 4 aromatic rings. The van der Waals surface area contributed by atoms with Crippen molar-refractivity contribution in [2.45, 2.75) is 46.0 Å². The van der Waals surface area contributed by atoms with Crippen molar-refractivity contribution < 1.29 is 9.21 Å². The molecule has 1 atom stereocenters. The number of rotatable bonds is 6. The zero-order chi connectivity index (χ0) is 24.2. The summed E-state index contributed by atoms with van der Waals surface area (Å²) in [6.07, 6.45) is 1.07. The fourth-order valence-electron chi connectivity index (χ4n) is 3.70. The zero-order valence-electron chi connectivity index (χ0n) is 19.9. The Bertz CT molecular complexity index is 1330. The van der Waals surface area contributed by atoms with E-state index < -0.39 is 0 Å². The largest absolute Gasteiger partial charge is 0.436 e. The molecule has 0 saturated carbocycles. The Labute approximate surface area is 205 Å². The van der Waals surface area contributed by atoms with Gasteiger partial charge in [-0.15, -0.1) is 0 Å². The zero-order valence-corrected chi connectivity index (χ0v) is 20.7. The molecule has 1 aromatic heterocycles. The number of aromatic nitrogens is 1. The van der Waals surface area contributed by atoms with Crippen LogP contribution in [-0.4, -0.2) is 16.0 Å². The fourth-order valence-corrected chi connectivity index (χ4v) is 3.91. The first kappa shape index (κ1) is 23.6. The lowest BCUT2D eigenvalue weighted by atomic mass is 9.98. The summed E-state index contributed by atoms with van der Waals surface area (Å²) in [7, 11) is 0. The predicted octanol–water partition coefficient (Wildman–Crippen LogP) is 7.26. The van der Waals surface area contributed by atoms with Gasteiger partial charge in [-0.2, -0.15) is 0 Å². The van der Waals surface area contributed by atoms with E-state index in [1.807, 2.05) is 54.6 Å². The maximum absolute atomic E-state index is 12.5. The lowest BCUT2D eigenvalue weighted by Crippen LogP contribution is -2.34. The van der Waals surface area contributed by atoms with Gasteiger partial charge in [0.05, 0.1) is 0 Å². The lowest BCUT2D eigenvalue weighted by Gasteiger charge is -2.11. The van der Waals surface area contributed by atoms with Crippen LogP contribution in [0.25, 0.3) is 22.6 Å². The number of carbonyl (C=O) groups is 1. The van der Waals surface area contributed by atoms with Crippen molar-refractivity contribution in [3.63, 3.8) is 0 Å². The molecular weight excluding hydrogens is 442 g/mol. The highest BCUT2D eigenvalue weighted by Gasteiger charge is 2.13. The quantitative estimate of drug-likeness (QED) is 0.290. The third-order valence-electron chi connectivity index (χ3n) is 6.03. The molecule has 6 heteroatoms. The van der Waals surface area contributed by atoms with Crippen LogP contribution in [-0.2, 0) is 0 Å². The molecule has 0 aliphatic carbocycles. The van der Waals surface area contributed by atoms with E-state index in [0.717, 1.165) is 28.8 Å². The molecule has 0 fully saturated rings. The minimum Gasteiger partial charge on any atom is -0.436 e. The summed E-state index contributed by atoms with van der Waals surface area (Å²) in [5.41, 5.74) is 6.16. The molecular formula is C28H29N3O2S. The van der Waals surface area contributed by atoms with Crippen LogP contribution in [0.2, 0.25) is 0 Å². The number of fused-ring (bicyclic) bond motifs is 1. The number of benzene rings is 3. The number of hydrogen-bond donors (Lipinski definition) is 2. The summed E-state index contributed by atoms with van der Waals surface area (Å²) in [6, 6.07) is 21.3. The van der Waals surface area contributed by atoms with E-state index in [1.165, 1.54) is 11.1 Å². The molecule has 3 aromatic carbocycles. The van der Waals surface area contributed by atoms with Crippen LogP contribution in [0, 0.1) is 0 Å². The van der Waals surface area contributed by atoms with Crippen molar-refractivity contribution in [1.29, 1.82) is 0 Å². The van der Waals surface area contributed by atoms with Gasteiger partial charge in [0, 0.05) is 16.8 Å². The Morgan fingerprint density at radius 1 is 1.00 bits per heavy atom. The Kier molecular flexibility index (Phi) is 7.08. The summed E-state index contributed by atoms with van der Waals surface area (Å²) >= 11 is 5.36. The van der Waals surface area contributed by atoms with Crippen molar-refractivity contribution in [1.82, 2.24) is 10.3 Å². The standard InChI is InChI=1S/C28H29N3O2S/c1-5-18(4)21-13-14-25-24(16-21)30-27(33-25)22-7-6-8-23(15-22)29-28(34)31-26(32)20-11-9-19(10-12-20)17(2)3/h6-18H,5H2,1-4H3,(H2,29,31,32,34)/t18-/m1/s1. The average molecular weight is 472 g/mol. The molecule has 0 aliphatic rings. The molecule has 34 heavy (non-hydrogen) atoms. The van der Waals surface area contributed by atoms with Gasteiger partial charge >= 0.3 is 0 Å². The minimum atomic E-state index is -0.250. The number of carbonyl (C=O) groups excluding carboxylic acids is 1. The van der Waals surface area contributed by atoms with Crippen LogP contribution in [0.4, 0.5) is 5.69 Å². The highest BCUT2D eigenvalue weighted by molar-refractivity contribution is 7.80. The van der Waals surface area contributed by atoms with Gasteiger partial charge in [-0.3, -0.25) is 10.1 Å². The maximum atomic E-state index is 12.5. The normalized spacial score (nSPS) is 12.0. The molecule has 5 nitrogen and oxygen atoms in total. The summed E-state index contributed by atoms with van der Waals surface area (Å²) < 4.78 is 5.99. The predicted molar refractivity (Wildman–Crippen MR) is 142 cm³/mol. The first-order valence-electron chi connectivity index (χ1n) is 11.6. The Balaban J connectivity index is 1.46. The molecule has 0 bridgehead atoms. The first-order chi connectivity index (χ1) is 16.3. The molecule has 1 heterocycles.